The van der Waals surface area contributed by atoms with Gasteiger partial charge in [0.15, 0.2) is 0 Å². The summed E-state index contributed by atoms with van der Waals surface area (Å²) in [6, 6.07) is 5.28. The minimum Gasteiger partial charge on any atom is -0.322 e. The Bertz CT molecular complexity index is 652. The summed E-state index contributed by atoms with van der Waals surface area (Å²) in [5.74, 6) is -0.179. The lowest BCUT2D eigenvalue weighted by molar-refractivity contribution is 0.102. The highest BCUT2D eigenvalue weighted by atomic mass is 79.9. The number of carbonyl (C=O) groups excluding carboxylic acids is 1. The van der Waals surface area contributed by atoms with Crippen LogP contribution in [-0.4, -0.2) is 15.7 Å². The minimum atomic E-state index is -0.179. The van der Waals surface area contributed by atoms with Crippen LogP contribution < -0.4 is 5.32 Å². The van der Waals surface area contributed by atoms with Gasteiger partial charge in [0, 0.05) is 22.9 Å². The number of carbonyl (C=O) groups is 1. The third-order valence-electron chi connectivity index (χ3n) is 2.91. The number of benzene rings is 1. The molecule has 0 fully saturated rings. The summed E-state index contributed by atoms with van der Waals surface area (Å²) >= 11 is 9.30. The molecule has 0 atom stereocenters. The Kier molecular flexibility index (Phi) is 3.96. The topological polar surface area (TPSA) is 46.9 Å². The van der Waals surface area contributed by atoms with Gasteiger partial charge in [-0.2, -0.15) is 5.10 Å². The Morgan fingerprint density at radius 2 is 2.11 bits per heavy atom. The molecule has 0 aliphatic carbocycles. The summed E-state index contributed by atoms with van der Waals surface area (Å²) in [5.41, 5.74) is 2.79. The molecule has 0 aliphatic rings. The molecule has 1 heterocycles. The molecule has 0 unspecified atom stereocenters. The predicted octanol–water partition coefficient (Wildman–Crippen LogP) is 3.71. The van der Waals surface area contributed by atoms with Gasteiger partial charge in [0.05, 0.1) is 16.3 Å². The average Bonchev–Trinajstić information content (AvgIpc) is 2.58. The van der Waals surface area contributed by atoms with Crippen molar-refractivity contribution in [3.05, 3.63) is 44.6 Å². The highest BCUT2D eigenvalue weighted by Crippen LogP contribution is 2.26. The van der Waals surface area contributed by atoms with Crippen LogP contribution in [0.3, 0.4) is 0 Å². The van der Waals surface area contributed by atoms with Gasteiger partial charge in [0.2, 0.25) is 0 Å². The van der Waals surface area contributed by atoms with Crippen LogP contribution in [0, 0.1) is 13.8 Å². The number of aryl methyl sites for hydroxylation is 2. The number of aromatic nitrogens is 2. The van der Waals surface area contributed by atoms with Crippen molar-refractivity contribution in [2.75, 3.05) is 5.32 Å². The standard InChI is InChI=1S/C13H13BrClN3O/c1-7-12(8(2)18(3)17-7)13(19)16-9-4-5-10(14)11(15)6-9/h4-6H,1-3H3,(H,16,19). The summed E-state index contributed by atoms with van der Waals surface area (Å²) in [5, 5.41) is 7.60. The number of anilines is 1. The zero-order chi connectivity index (χ0) is 14.2. The first-order valence-corrected chi connectivity index (χ1v) is 6.84. The maximum Gasteiger partial charge on any atom is 0.259 e. The predicted molar refractivity (Wildman–Crippen MR) is 79.8 cm³/mol. The van der Waals surface area contributed by atoms with Gasteiger partial charge in [0.25, 0.3) is 5.91 Å². The lowest BCUT2D eigenvalue weighted by Crippen LogP contribution is -2.14. The number of nitrogens with zero attached hydrogens (tertiary/aromatic N) is 2. The fourth-order valence-electron chi connectivity index (χ4n) is 1.87. The number of hydrogen-bond acceptors (Lipinski definition) is 2. The van der Waals surface area contributed by atoms with E-state index in [-0.39, 0.29) is 5.91 Å². The fourth-order valence-corrected chi connectivity index (χ4v) is 2.30. The van der Waals surface area contributed by atoms with Crippen molar-refractivity contribution in [3.63, 3.8) is 0 Å². The molecule has 1 N–H and O–H groups in total. The molecule has 0 aliphatic heterocycles. The van der Waals surface area contributed by atoms with Crippen LogP contribution in [0.15, 0.2) is 22.7 Å². The van der Waals surface area contributed by atoms with E-state index in [0.717, 1.165) is 10.2 Å². The van der Waals surface area contributed by atoms with Gasteiger partial charge < -0.3 is 5.32 Å². The maximum atomic E-state index is 12.2. The second-order valence-corrected chi connectivity index (χ2v) is 5.51. The quantitative estimate of drug-likeness (QED) is 0.904. The Morgan fingerprint density at radius 1 is 1.42 bits per heavy atom. The Labute approximate surface area is 124 Å². The normalized spacial score (nSPS) is 10.6. The molecule has 1 amide bonds. The smallest absolute Gasteiger partial charge is 0.259 e. The molecule has 2 aromatic rings. The van der Waals surface area contributed by atoms with Gasteiger partial charge >= 0.3 is 0 Å². The number of nitrogens with one attached hydrogen (secondary N) is 1. The molecular formula is C13H13BrClN3O. The number of halogens is 2. The molecule has 0 saturated carbocycles. The van der Waals surface area contributed by atoms with Crippen molar-refractivity contribution in [1.82, 2.24) is 9.78 Å². The summed E-state index contributed by atoms with van der Waals surface area (Å²) in [6.45, 7) is 3.68. The van der Waals surface area contributed by atoms with E-state index >= 15 is 0 Å². The van der Waals surface area contributed by atoms with E-state index in [2.05, 4.69) is 26.3 Å². The molecule has 6 heteroatoms. The van der Waals surface area contributed by atoms with Gasteiger partial charge in [-0.15, -0.1) is 0 Å². The molecule has 100 valence electrons. The zero-order valence-corrected chi connectivity index (χ0v) is 13.1. The minimum absolute atomic E-state index is 0.179. The van der Waals surface area contributed by atoms with E-state index in [0.29, 0.717) is 22.0 Å². The third kappa shape index (κ3) is 2.82. The lowest BCUT2D eigenvalue weighted by atomic mass is 10.2. The van der Waals surface area contributed by atoms with E-state index in [1.54, 1.807) is 22.9 Å². The second-order valence-electron chi connectivity index (χ2n) is 4.25. The number of hydrogen-bond donors (Lipinski definition) is 1. The van der Waals surface area contributed by atoms with Gasteiger partial charge in [0.1, 0.15) is 0 Å². The first kappa shape index (κ1) is 14.1. The summed E-state index contributed by atoms with van der Waals surface area (Å²) in [4.78, 5) is 12.2. The van der Waals surface area contributed by atoms with E-state index in [4.69, 9.17) is 11.6 Å². The summed E-state index contributed by atoms with van der Waals surface area (Å²) in [7, 11) is 1.82. The molecule has 1 aromatic heterocycles. The maximum absolute atomic E-state index is 12.2. The molecule has 4 nitrogen and oxygen atoms in total. The van der Waals surface area contributed by atoms with Gasteiger partial charge in [-0.25, -0.2) is 0 Å². The van der Waals surface area contributed by atoms with Crippen molar-refractivity contribution < 1.29 is 4.79 Å². The molecular weight excluding hydrogens is 330 g/mol. The van der Waals surface area contributed by atoms with E-state index < -0.39 is 0 Å². The van der Waals surface area contributed by atoms with Gasteiger partial charge in [-0.3, -0.25) is 9.48 Å². The molecule has 0 bridgehead atoms. The zero-order valence-electron chi connectivity index (χ0n) is 10.8. The number of amides is 1. The molecule has 0 saturated heterocycles. The molecule has 0 spiro atoms. The van der Waals surface area contributed by atoms with Crippen LogP contribution in [0.1, 0.15) is 21.7 Å². The Balaban J connectivity index is 2.28. The summed E-state index contributed by atoms with van der Waals surface area (Å²) in [6.07, 6.45) is 0. The van der Waals surface area contributed by atoms with Crippen molar-refractivity contribution in [3.8, 4) is 0 Å². The highest BCUT2D eigenvalue weighted by molar-refractivity contribution is 9.10. The van der Waals surface area contributed by atoms with Crippen LogP contribution in [0.5, 0.6) is 0 Å². The SMILES string of the molecule is Cc1nn(C)c(C)c1C(=O)Nc1ccc(Br)c(Cl)c1. The van der Waals surface area contributed by atoms with Crippen LogP contribution in [0.25, 0.3) is 0 Å². The van der Waals surface area contributed by atoms with Gasteiger partial charge in [-0.1, -0.05) is 11.6 Å². The van der Waals surface area contributed by atoms with E-state index in [1.807, 2.05) is 20.9 Å². The third-order valence-corrected chi connectivity index (χ3v) is 4.15. The molecule has 19 heavy (non-hydrogen) atoms. The average molecular weight is 343 g/mol. The first-order valence-electron chi connectivity index (χ1n) is 5.66. The molecule has 1 aromatic carbocycles. The van der Waals surface area contributed by atoms with Gasteiger partial charge in [-0.05, 0) is 48.0 Å². The van der Waals surface area contributed by atoms with Crippen LogP contribution in [-0.2, 0) is 7.05 Å². The van der Waals surface area contributed by atoms with Crippen molar-refractivity contribution >= 4 is 39.1 Å². The monoisotopic (exact) mass is 341 g/mol. The first-order chi connectivity index (χ1) is 8.90. The molecule has 2 rings (SSSR count). The molecule has 0 radical (unpaired) electrons. The van der Waals surface area contributed by atoms with Crippen molar-refractivity contribution in [2.45, 2.75) is 13.8 Å². The summed E-state index contributed by atoms with van der Waals surface area (Å²) < 4.78 is 2.49. The van der Waals surface area contributed by atoms with E-state index in [1.165, 1.54) is 0 Å². The lowest BCUT2D eigenvalue weighted by Gasteiger charge is -2.06. The van der Waals surface area contributed by atoms with Crippen LogP contribution in [0.2, 0.25) is 5.02 Å². The van der Waals surface area contributed by atoms with E-state index in [9.17, 15) is 4.79 Å². The Morgan fingerprint density at radius 3 is 2.63 bits per heavy atom. The van der Waals surface area contributed by atoms with Crippen molar-refractivity contribution in [1.29, 1.82) is 0 Å². The van der Waals surface area contributed by atoms with Crippen LogP contribution >= 0.6 is 27.5 Å². The largest absolute Gasteiger partial charge is 0.322 e. The van der Waals surface area contributed by atoms with Crippen molar-refractivity contribution in [2.24, 2.45) is 7.05 Å². The Hall–Kier alpha value is -1.33. The van der Waals surface area contributed by atoms with Crippen LogP contribution in [0.4, 0.5) is 5.69 Å². The fraction of sp³-hybridized carbons (Fsp3) is 0.231. The number of rotatable bonds is 2. The second kappa shape index (κ2) is 5.35. The highest BCUT2D eigenvalue weighted by Gasteiger charge is 2.17.